The molecule has 4 heteroatoms. The van der Waals surface area contributed by atoms with E-state index in [4.69, 9.17) is 5.73 Å². The summed E-state index contributed by atoms with van der Waals surface area (Å²) in [7, 11) is 0. The fourth-order valence-electron chi connectivity index (χ4n) is 1.37. The third-order valence-corrected chi connectivity index (χ3v) is 3.12. The van der Waals surface area contributed by atoms with Crippen molar-refractivity contribution in [1.82, 2.24) is 5.32 Å². The monoisotopic (exact) mass is 298 g/mol. The Morgan fingerprint density at radius 1 is 1.35 bits per heavy atom. The Labute approximate surface area is 111 Å². The Kier molecular flexibility index (Phi) is 5.15. The molecule has 0 spiro atoms. The molecule has 0 saturated heterocycles. The van der Waals surface area contributed by atoms with E-state index in [9.17, 15) is 4.79 Å². The molecule has 94 valence electrons. The van der Waals surface area contributed by atoms with E-state index in [-0.39, 0.29) is 11.3 Å². The van der Waals surface area contributed by atoms with Crippen molar-refractivity contribution in [2.75, 3.05) is 6.54 Å². The highest BCUT2D eigenvalue weighted by Crippen LogP contribution is 2.17. The van der Waals surface area contributed by atoms with E-state index in [0.717, 1.165) is 10.0 Å². The predicted molar refractivity (Wildman–Crippen MR) is 73.4 cm³/mol. The second-order valence-electron chi connectivity index (χ2n) is 4.95. The number of carbonyl (C=O) groups excluding carboxylic acids is 1. The Morgan fingerprint density at radius 3 is 2.47 bits per heavy atom. The van der Waals surface area contributed by atoms with Gasteiger partial charge in [-0.3, -0.25) is 4.79 Å². The zero-order chi connectivity index (χ0) is 12.9. The van der Waals surface area contributed by atoms with Crippen molar-refractivity contribution in [1.29, 1.82) is 0 Å². The number of nitrogens with one attached hydrogen (secondary N) is 1. The van der Waals surface area contributed by atoms with Crippen molar-refractivity contribution >= 4 is 21.8 Å². The Bertz CT molecular complexity index is 374. The maximum Gasteiger partial charge on any atom is 0.220 e. The quantitative estimate of drug-likeness (QED) is 0.877. The summed E-state index contributed by atoms with van der Waals surface area (Å²) in [5.41, 5.74) is 6.55. The van der Waals surface area contributed by atoms with Crippen LogP contribution in [-0.2, 0) is 11.3 Å². The number of rotatable bonds is 5. The van der Waals surface area contributed by atoms with E-state index in [2.05, 4.69) is 21.2 Å². The first-order valence-corrected chi connectivity index (χ1v) is 6.43. The van der Waals surface area contributed by atoms with Gasteiger partial charge in [-0.2, -0.15) is 0 Å². The van der Waals surface area contributed by atoms with Gasteiger partial charge in [-0.15, -0.1) is 0 Å². The Morgan fingerprint density at radius 2 is 1.94 bits per heavy atom. The van der Waals surface area contributed by atoms with E-state index in [1.807, 2.05) is 38.1 Å². The van der Waals surface area contributed by atoms with Crippen molar-refractivity contribution in [2.45, 2.75) is 26.8 Å². The van der Waals surface area contributed by atoms with Crippen molar-refractivity contribution in [3.8, 4) is 0 Å². The van der Waals surface area contributed by atoms with Gasteiger partial charge >= 0.3 is 0 Å². The molecule has 0 fully saturated rings. The molecule has 0 saturated carbocycles. The molecule has 0 heterocycles. The number of halogens is 1. The van der Waals surface area contributed by atoms with Gasteiger partial charge in [-0.25, -0.2) is 0 Å². The SMILES string of the molecule is CC(C)(CN)CC(=O)NCc1ccc(Br)cc1. The minimum Gasteiger partial charge on any atom is -0.352 e. The molecule has 3 nitrogen and oxygen atoms in total. The standard InChI is InChI=1S/C13H19BrN2O/c1-13(2,9-15)7-12(17)16-8-10-3-5-11(14)6-4-10/h3-6H,7-9,15H2,1-2H3,(H,16,17). The zero-order valence-corrected chi connectivity index (χ0v) is 11.9. The number of benzene rings is 1. The lowest BCUT2D eigenvalue weighted by Gasteiger charge is -2.21. The molecule has 0 aliphatic rings. The lowest BCUT2D eigenvalue weighted by Crippen LogP contribution is -2.32. The van der Waals surface area contributed by atoms with E-state index in [1.165, 1.54) is 0 Å². The van der Waals surface area contributed by atoms with Gasteiger partial charge in [-0.1, -0.05) is 41.9 Å². The molecule has 1 rings (SSSR count). The third kappa shape index (κ3) is 5.33. The summed E-state index contributed by atoms with van der Waals surface area (Å²) in [6, 6.07) is 7.90. The van der Waals surface area contributed by atoms with Gasteiger partial charge in [0.1, 0.15) is 0 Å². The molecule has 1 aromatic carbocycles. The molecular weight excluding hydrogens is 280 g/mol. The fourth-order valence-corrected chi connectivity index (χ4v) is 1.64. The average Bonchev–Trinajstić information content (AvgIpc) is 2.28. The number of hydrogen-bond donors (Lipinski definition) is 2. The number of nitrogens with two attached hydrogens (primary N) is 1. The molecule has 0 bridgehead atoms. The highest BCUT2D eigenvalue weighted by molar-refractivity contribution is 9.10. The summed E-state index contributed by atoms with van der Waals surface area (Å²) in [6.07, 6.45) is 0.458. The minimum absolute atomic E-state index is 0.0448. The van der Waals surface area contributed by atoms with Crippen molar-refractivity contribution < 1.29 is 4.79 Å². The van der Waals surface area contributed by atoms with Crippen LogP contribution in [0.3, 0.4) is 0 Å². The minimum atomic E-state index is -0.135. The number of carbonyl (C=O) groups is 1. The van der Waals surface area contributed by atoms with Crippen LogP contribution >= 0.6 is 15.9 Å². The molecular formula is C13H19BrN2O. The van der Waals surface area contributed by atoms with Gasteiger partial charge in [0.15, 0.2) is 0 Å². The van der Waals surface area contributed by atoms with E-state index in [0.29, 0.717) is 19.5 Å². The van der Waals surface area contributed by atoms with Crippen LogP contribution in [0.25, 0.3) is 0 Å². The summed E-state index contributed by atoms with van der Waals surface area (Å²) >= 11 is 3.37. The molecule has 3 N–H and O–H groups in total. The molecule has 0 aliphatic carbocycles. The molecule has 0 aromatic heterocycles. The molecule has 0 atom stereocenters. The zero-order valence-electron chi connectivity index (χ0n) is 10.3. The van der Waals surface area contributed by atoms with Gasteiger partial charge < -0.3 is 11.1 Å². The van der Waals surface area contributed by atoms with Crippen LogP contribution in [0.1, 0.15) is 25.8 Å². The number of hydrogen-bond acceptors (Lipinski definition) is 2. The van der Waals surface area contributed by atoms with Crippen LogP contribution in [0, 0.1) is 5.41 Å². The Balaban J connectivity index is 2.41. The van der Waals surface area contributed by atoms with Gasteiger partial charge in [-0.05, 0) is 29.7 Å². The molecule has 0 unspecified atom stereocenters. The van der Waals surface area contributed by atoms with E-state index in [1.54, 1.807) is 0 Å². The summed E-state index contributed by atoms with van der Waals surface area (Å²) in [4.78, 5) is 11.7. The average molecular weight is 299 g/mol. The molecule has 1 amide bonds. The maximum atomic E-state index is 11.7. The molecule has 0 radical (unpaired) electrons. The summed E-state index contributed by atoms with van der Waals surface area (Å²) in [6.45, 7) is 5.06. The summed E-state index contributed by atoms with van der Waals surface area (Å²) in [5.74, 6) is 0.0448. The highest BCUT2D eigenvalue weighted by atomic mass is 79.9. The fraction of sp³-hybridized carbons (Fsp3) is 0.462. The first-order valence-electron chi connectivity index (χ1n) is 5.64. The van der Waals surface area contributed by atoms with Gasteiger partial charge in [0.25, 0.3) is 0 Å². The molecule has 0 aliphatic heterocycles. The smallest absolute Gasteiger partial charge is 0.220 e. The van der Waals surface area contributed by atoms with Gasteiger partial charge in [0.05, 0.1) is 0 Å². The van der Waals surface area contributed by atoms with Gasteiger partial charge in [0, 0.05) is 17.4 Å². The van der Waals surface area contributed by atoms with Crippen LogP contribution in [0.15, 0.2) is 28.7 Å². The normalized spacial score (nSPS) is 11.3. The molecule has 1 aromatic rings. The van der Waals surface area contributed by atoms with Crippen LogP contribution < -0.4 is 11.1 Å². The summed E-state index contributed by atoms with van der Waals surface area (Å²) < 4.78 is 1.04. The number of amides is 1. The van der Waals surface area contributed by atoms with Gasteiger partial charge in [0.2, 0.25) is 5.91 Å². The van der Waals surface area contributed by atoms with Crippen LogP contribution in [0.4, 0.5) is 0 Å². The topological polar surface area (TPSA) is 55.1 Å². The largest absolute Gasteiger partial charge is 0.352 e. The summed E-state index contributed by atoms with van der Waals surface area (Å²) in [5, 5.41) is 2.90. The van der Waals surface area contributed by atoms with Crippen LogP contribution in [0.2, 0.25) is 0 Å². The lowest BCUT2D eigenvalue weighted by atomic mass is 9.89. The first-order chi connectivity index (χ1) is 7.93. The second kappa shape index (κ2) is 6.17. The predicted octanol–water partition coefficient (Wildman–Crippen LogP) is 2.44. The second-order valence-corrected chi connectivity index (χ2v) is 5.86. The van der Waals surface area contributed by atoms with Crippen molar-refractivity contribution in [3.05, 3.63) is 34.3 Å². The maximum absolute atomic E-state index is 11.7. The Hall–Kier alpha value is -0.870. The van der Waals surface area contributed by atoms with Crippen molar-refractivity contribution in [2.24, 2.45) is 11.1 Å². The van der Waals surface area contributed by atoms with E-state index < -0.39 is 0 Å². The first kappa shape index (κ1) is 14.2. The van der Waals surface area contributed by atoms with Crippen molar-refractivity contribution in [3.63, 3.8) is 0 Å². The van der Waals surface area contributed by atoms with E-state index >= 15 is 0 Å². The molecule has 17 heavy (non-hydrogen) atoms. The third-order valence-electron chi connectivity index (χ3n) is 2.59. The lowest BCUT2D eigenvalue weighted by molar-refractivity contribution is -0.123. The van der Waals surface area contributed by atoms with Crippen LogP contribution in [-0.4, -0.2) is 12.5 Å². The highest BCUT2D eigenvalue weighted by Gasteiger charge is 2.19. The van der Waals surface area contributed by atoms with Crippen LogP contribution in [0.5, 0.6) is 0 Å².